The second-order valence-corrected chi connectivity index (χ2v) is 25.7. The van der Waals surface area contributed by atoms with Crippen LogP contribution in [-0.4, -0.2) is 122 Å². The molecule has 2 aliphatic heterocycles. The number of unbranched alkanes of at least 4 members (excludes halogenated alkanes) is 7. The zero-order valence-electron chi connectivity index (χ0n) is 56.6. The van der Waals surface area contributed by atoms with Crippen LogP contribution in [0.1, 0.15) is 176 Å². The van der Waals surface area contributed by atoms with Gasteiger partial charge in [0.1, 0.15) is 25.3 Å². The fourth-order valence-electron chi connectivity index (χ4n) is 11.9. The number of rotatable bonds is 37. The molecule has 22 nitrogen and oxygen atoms in total. The summed E-state index contributed by atoms with van der Waals surface area (Å²) in [4.78, 5) is 137. The Morgan fingerprint density at radius 1 is 0.390 bits per heavy atom. The number of nitrogens with zero attached hydrogens (tertiary/aromatic N) is 2. The van der Waals surface area contributed by atoms with Crippen molar-refractivity contribution in [2.45, 2.75) is 154 Å². The molecule has 8 amide bonds. The second-order valence-electron chi connectivity index (χ2n) is 24.8. The summed E-state index contributed by atoms with van der Waals surface area (Å²) in [6.07, 6.45) is 6.99. The van der Waals surface area contributed by atoms with Crippen LogP contribution in [0.3, 0.4) is 0 Å². The van der Waals surface area contributed by atoms with E-state index in [1.165, 1.54) is 14.2 Å². The molecule has 6 aromatic rings. The summed E-state index contributed by atoms with van der Waals surface area (Å²) in [5, 5.41) is 18.1. The molecule has 0 unspecified atom stereocenters. The van der Waals surface area contributed by atoms with Gasteiger partial charge in [-0.25, -0.2) is 19.2 Å². The Kier molecular flexibility index (Phi) is 30.2. The highest BCUT2D eigenvalue weighted by Gasteiger charge is 2.31. The minimum atomic E-state index is -0.972. The highest BCUT2D eigenvalue weighted by Crippen LogP contribution is 2.30. The molecule has 2 aliphatic rings. The Labute approximate surface area is 593 Å². The minimum Gasteiger partial charge on any atom is -0.467 e. The van der Waals surface area contributed by atoms with E-state index in [-0.39, 0.29) is 99.4 Å². The van der Waals surface area contributed by atoms with Crippen LogP contribution in [0.2, 0.25) is 10.0 Å². The average molecular weight is 1410 g/mol. The van der Waals surface area contributed by atoms with Gasteiger partial charge in [-0.3, -0.25) is 28.8 Å². The summed E-state index contributed by atoms with van der Waals surface area (Å²) >= 11 is 12.2. The van der Waals surface area contributed by atoms with Gasteiger partial charge in [-0.2, -0.15) is 0 Å². The standard InChI is InChI=1S/C76H88Cl2N8O14/c1-97-73(93)65(83-75(95)99-49-53-19-9-7-10-20-53)23-15-17-37-79-69(89)61-41-55-45-85(47-57(55)43-63(61)71(91)81-39-35-51-27-31-59(77)32-28-51)67(87)25-13-5-3-4-6-14-26-68(88)86-46-56-42-62(64(44-58(56)48-86)72(92)82-40-36-52-29-33-60(78)34-30-52)70(90)80-38-18-16-24-66(74(94)98-2)84-76(96)100-50-54-21-11-8-12-22-54/h7-12,19-22,27-34,41-44,65-66H,3-6,13-18,23-26,35-40,45-50H2,1-2H3,(H,79,89)(H,80,90)(H,81,91)(H,82,92)(H,83,95)(H,84,96)/t65-,66-/m0/s1. The fourth-order valence-corrected chi connectivity index (χ4v) is 12.1. The lowest BCUT2D eigenvalue weighted by Crippen LogP contribution is -2.41. The van der Waals surface area contributed by atoms with Crippen molar-refractivity contribution in [3.63, 3.8) is 0 Å². The molecule has 0 spiro atoms. The summed E-state index contributed by atoms with van der Waals surface area (Å²) in [5.74, 6) is -3.17. The number of amides is 8. The summed E-state index contributed by atoms with van der Waals surface area (Å²) < 4.78 is 20.4. The van der Waals surface area contributed by atoms with Gasteiger partial charge in [0, 0.05) is 75.2 Å². The molecule has 8 rings (SSSR count). The van der Waals surface area contributed by atoms with Crippen LogP contribution < -0.4 is 31.9 Å². The normalized spacial score (nSPS) is 12.6. The summed E-state index contributed by atoms with van der Waals surface area (Å²) in [7, 11) is 2.46. The van der Waals surface area contributed by atoms with Gasteiger partial charge in [0.25, 0.3) is 23.6 Å². The summed E-state index contributed by atoms with van der Waals surface area (Å²) in [6.45, 7) is 2.16. The van der Waals surface area contributed by atoms with Crippen molar-refractivity contribution in [2.75, 3.05) is 40.4 Å². The smallest absolute Gasteiger partial charge is 0.408 e. The molecule has 24 heteroatoms. The first-order valence-corrected chi connectivity index (χ1v) is 34.8. The van der Waals surface area contributed by atoms with Crippen molar-refractivity contribution >= 4 is 82.8 Å². The Bertz CT molecular complexity index is 3540. The highest BCUT2D eigenvalue weighted by molar-refractivity contribution is 6.30. The zero-order chi connectivity index (χ0) is 71.2. The van der Waals surface area contributed by atoms with Gasteiger partial charge in [0.15, 0.2) is 0 Å². The molecule has 2 atom stereocenters. The third-order valence-corrected chi connectivity index (χ3v) is 18.0. The predicted octanol–water partition coefficient (Wildman–Crippen LogP) is 11.2. The lowest BCUT2D eigenvalue weighted by atomic mass is 9.98. The van der Waals surface area contributed by atoms with E-state index in [2.05, 4.69) is 31.9 Å². The molecule has 0 saturated carbocycles. The van der Waals surface area contributed by atoms with E-state index in [4.69, 9.17) is 42.1 Å². The minimum absolute atomic E-state index is 0.0241. The van der Waals surface area contributed by atoms with Crippen molar-refractivity contribution in [2.24, 2.45) is 0 Å². The summed E-state index contributed by atoms with van der Waals surface area (Å²) in [5.41, 5.74) is 7.28. The molecular formula is C76H88Cl2N8O14. The van der Waals surface area contributed by atoms with Crippen LogP contribution in [0.5, 0.6) is 0 Å². The van der Waals surface area contributed by atoms with E-state index in [0.29, 0.717) is 87.3 Å². The molecule has 0 aromatic heterocycles. The molecule has 2 heterocycles. The number of benzene rings is 6. The first kappa shape index (κ1) is 76.0. The molecular weight excluding hydrogens is 1320 g/mol. The number of esters is 2. The molecule has 100 heavy (non-hydrogen) atoms. The van der Waals surface area contributed by atoms with Crippen LogP contribution in [-0.2, 0) is 90.4 Å². The number of fused-ring (bicyclic) bond motifs is 2. The number of carbonyl (C=O) groups excluding carboxylic acids is 10. The molecule has 0 fully saturated rings. The molecule has 0 aliphatic carbocycles. The fraction of sp³-hybridized carbons (Fsp3) is 0.395. The summed E-state index contributed by atoms with van der Waals surface area (Å²) in [6, 6.07) is 37.7. The Morgan fingerprint density at radius 3 is 1.04 bits per heavy atom. The number of nitrogens with one attached hydrogen (secondary N) is 6. The molecule has 530 valence electrons. The van der Waals surface area contributed by atoms with E-state index >= 15 is 0 Å². The van der Waals surface area contributed by atoms with Gasteiger partial charge in [-0.05, 0) is 157 Å². The van der Waals surface area contributed by atoms with Gasteiger partial charge < -0.3 is 60.6 Å². The number of halogens is 2. The predicted molar refractivity (Wildman–Crippen MR) is 377 cm³/mol. The first-order chi connectivity index (χ1) is 48.4. The molecule has 6 N–H and O–H groups in total. The van der Waals surface area contributed by atoms with Crippen LogP contribution in [0, 0.1) is 0 Å². The SMILES string of the molecule is COC(=O)[C@H](CCCCNC(=O)c1cc2c(cc1C(=O)NCCc1ccc(Cl)cc1)CN(C(=O)CCCCCCCCC(=O)N1Cc3cc(C(=O)NCCCC[C@H](NC(=O)OCc4ccccc4)C(=O)OC)c(C(=O)NCCc4ccc(Cl)cc4)cc3C1)C2)NC(=O)OCc1ccccc1. The zero-order valence-corrected chi connectivity index (χ0v) is 58.1. The maximum absolute atomic E-state index is 13.9. The second kappa shape index (κ2) is 39.7. The van der Waals surface area contributed by atoms with Crippen molar-refractivity contribution < 1.29 is 66.9 Å². The van der Waals surface area contributed by atoms with E-state index in [9.17, 15) is 47.9 Å². The van der Waals surface area contributed by atoms with Crippen molar-refractivity contribution in [3.8, 4) is 0 Å². The molecule has 6 aromatic carbocycles. The Balaban J connectivity index is 0.774. The third kappa shape index (κ3) is 24.0. The number of methoxy groups -OCH3 is 2. The van der Waals surface area contributed by atoms with Crippen LogP contribution in [0.25, 0.3) is 0 Å². The first-order valence-electron chi connectivity index (χ1n) is 34.0. The molecule has 0 saturated heterocycles. The lowest BCUT2D eigenvalue weighted by Gasteiger charge is -2.17. The van der Waals surface area contributed by atoms with Crippen molar-refractivity contribution in [1.29, 1.82) is 0 Å². The monoisotopic (exact) mass is 1410 g/mol. The highest BCUT2D eigenvalue weighted by atomic mass is 35.5. The van der Waals surface area contributed by atoms with Gasteiger partial charge in [-0.15, -0.1) is 0 Å². The number of hydrogen-bond acceptors (Lipinski definition) is 14. The van der Waals surface area contributed by atoms with Crippen molar-refractivity contribution in [3.05, 3.63) is 210 Å². The maximum Gasteiger partial charge on any atom is 0.408 e. The quantitative estimate of drug-likeness (QED) is 0.0120. The third-order valence-electron chi connectivity index (χ3n) is 17.5. The number of alkyl carbamates (subject to hydrolysis) is 2. The van der Waals surface area contributed by atoms with E-state index in [1.54, 1.807) is 58.3 Å². The van der Waals surface area contributed by atoms with Gasteiger partial charge in [-0.1, -0.05) is 134 Å². The maximum atomic E-state index is 13.9. The largest absolute Gasteiger partial charge is 0.467 e. The van der Waals surface area contributed by atoms with Gasteiger partial charge >= 0.3 is 24.1 Å². The number of carbonyl (C=O) groups is 10. The van der Waals surface area contributed by atoms with E-state index in [1.807, 2.05) is 84.9 Å². The average Bonchev–Trinajstić information content (AvgIpc) is 1.62. The van der Waals surface area contributed by atoms with Crippen LogP contribution in [0.4, 0.5) is 9.59 Å². The Hall–Kier alpha value is -9.80. The van der Waals surface area contributed by atoms with Crippen LogP contribution >= 0.6 is 23.2 Å². The van der Waals surface area contributed by atoms with Gasteiger partial charge in [0.05, 0.1) is 36.5 Å². The molecule has 0 radical (unpaired) electrons. The van der Waals surface area contributed by atoms with Gasteiger partial charge in [0.2, 0.25) is 11.8 Å². The molecule has 0 bridgehead atoms. The van der Waals surface area contributed by atoms with Crippen molar-refractivity contribution in [1.82, 2.24) is 41.7 Å². The Morgan fingerprint density at radius 2 is 0.710 bits per heavy atom. The van der Waals surface area contributed by atoms with E-state index < -0.39 is 59.8 Å². The topological polar surface area (TPSA) is 286 Å². The number of hydrogen-bond donors (Lipinski definition) is 6. The van der Waals surface area contributed by atoms with Crippen LogP contribution in [0.15, 0.2) is 133 Å². The lowest BCUT2D eigenvalue weighted by molar-refractivity contribution is -0.144. The number of ether oxygens (including phenoxy) is 4. The van der Waals surface area contributed by atoms with E-state index in [0.717, 1.165) is 70.2 Å².